The smallest absolute Gasteiger partial charge is 0.411 e. The molecule has 1 amide bonds. The van der Waals surface area contributed by atoms with E-state index in [9.17, 15) is 14.7 Å². The highest BCUT2D eigenvalue weighted by atomic mass is 16.6. The monoisotopic (exact) mass is 283 g/mol. The van der Waals surface area contributed by atoms with Gasteiger partial charge in [-0.05, 0) is 39.0 Å². The molecule has 0 aromatic heterocycles. The highest BCUT2D eigenvalue weighted by Crippen LogP contribution is 2.37. The predicted molar refractivity (Wildman–Crippen MR) is 69.4 cm³/mol. The summed E-state index contributed by atoms with van der Waals surface area (Å²) in [6.45, 7) is 1.95. The van der Waals surface area contributed by atoms with Gasteiger partial charge in [-0.25, -0.2) is 9.59 Å². The van der Waals surface area contributed by atoms with Crippen molar-refractivity contribution >= 4 is 12.1 Å². The molecule has 6 heteroatoms. The first kappa shape index (κ1) is 13.7. The molecule has 2 aliphatic heterocycles. The fraction of sp³-hybridized carbons (Fsp3) is 0.857. The van der Waals surface area contributed by atoms with Gasteiger partial charge in [0, 0.05) is 6.42 Å². The Balaban J connectivity index is 1.72. The zero-order chi connectivity index (χ0) is 14.3. The standard InChI is InChI=1S/C14H21NO5/c1-8-6-10-12(19-8)7-11(13(16)17)15(10)14(18)20-9-4-2-3-5-9/h8-12H,2-7H2,1H3,(H,16,17)/t8-,10+,11+,12+/m1/s1. The van der Waals surface area contributed by atoms with Crippen LogP contribution in [0.1, 0.15) is 45.4 Å². The third kappa shape index (κ3) is 2.37. The zero-order valence-corrected chi connectivity index (χ0v) is 11.7. The number of amides is 1. The molecule has 0 radical (unpaired) electrons. The maximum Gasteiger partial charge on any atom is 0.411 e. The van der Waals surface area contributed by atoms with Crippen LogP contribution in [0.15, 0.2) is 0 Å². The second kappa shape index (κ2) is 5.24. The molecule has 3 rings (SSSR count). The SMILES string of the molecule is C[C@@H]1C[C@H]2[C@H](C[C@@H](C(=O)O)N2C(=O)OC2CCCC2)O1. The molecule has 0 bridgehead atoms. The van der Waals surface area contributed by atoms with E-state index in [2.05, 4.69) is 0 Å². The van der Waals surface area contributed by atoms with Crippen molar-refractivity contribution in [2.75, 3.05) is 0 Å². The van der Waals surface area contributed by atoms with Gasteiger partial charge in [0.15, 0.2) is 0 Å². The fourth-order valence-electron chi connectivity index (χ4n) is 3.70. The molecule has 3 aliphatic rings. The number of nitrogens with zero attached hydrogens (tertiary/aromatic N) is 1. The number of fused-ring (bicyclic) bond motifs is 1. The van der Waals surface area contributed by atoms with Gasteiger partial charge < -0.3 is 14.6 Å². The van der Waals surface area contributed by atoms with Gasteiger partial charge in [0.1, 0.15) is 12.1 Å². The Morgan fingerprint density at radius 3 is 2.60 bits per heavy atom. The van der Waals surface area contributed by atoms with Crippen molar-refractivity contribution in [2.24, 2.45) is 0 Å². The van der Waals surface area contributed by atoms with Gasteiger partial charge in [0.2, 0.25) is 0 Å². The van der Waals surface area contributed by atoms with Crippen LogP contribution in [0.5, 0.6) is 0 Å². The summed E-state index contributed by atoms with van der Waals surface area (Å²) in [7, 11) is 0. The molecule has 6 nitrogen and oxygen atoms in total. The number of ether oxygens (including phenoxy) is 2. The lowest BCUT2D eigenvalue weighted by Gasteiger charge is -2.27. The minimum atomic E-state index is -0.973. The summed E-state index contributed by atoms with van der Waals surface area (Å²) in [6.07, 6.45) is 4.36. The van der Waals surface area contributed by atoms with Crippen LogP contribution >= 0.6 is 0 Å². The highest BCUT2D eigenvalue weighted by molar-refractivity contribution is 5.81. The number of carbonyl (C=O) groups is 2. The number of aliphatic carboxylic acids is 1. The van der Waals surface area contributed by atoms with E-state index in [1.807, 2.05) is 6.92 Å². The minimum absolute atomic E-state index is 0.0456. The Labute approximate surface area is 118 Å². The van der Waals surface area contributed by atoms with E-state index < -0.39 is 18.1 Å². The third-order valence-corrected chi connectivity index (χ3v) is 4.62. The van der Waals surface area contributed by atoms with Crippen LogP contribution in [0.3, 0.4) is 0 Å². The lowest BCUT2D eigenvalue weighted by Crippen LogP contribution is -2.46. The molecule has 112 valence electrons. The summed E-state index contributed by atoms with van der Waals surface area (Å²) < 4.78 is 11.2. The number of likely N-dealkylation sites (tertiary alicyclic amines) is 1. The van der Waals surface area contributed by atoms with Gasteiger partial charge in [-0.1, -0.05) is 0 Å². The van der Waals surface area contributed by atoms with Crippen molar-refractivity contribution in [3.63, 3.8) is 0 Å². The molecule has 2 saturated heterocycles. The Kier molecular flexibility index (Phi) is 3.58. The maximum atomic E-state index is 12.4. The summed E-state index contributed by atoms with van der Waals surface area (Å²) in [5.41, 5.74) is 0. The number of carbonyl (C=O) groups excluding carboxylic acids is 1. The lowest BCUT2D eigenvalue weighted by molar-refractivity contribution is -0.142. The molecular formula is C14H21NO5. The molecule has 0 spiro atoms. The number of carboxylic acids is 1. The normalized spacial score (nSPS) is 37.1. The van der Waals surface area contributed by atoms with Crippen molar-refractivity contribution in [1.82, 2.24) is 4.90 Å². The topological polar surface area (TPSA) is 76.1 Å². The van der Waals surface area contributed by atoms with Gasteiger partial charge in [0.25, 0.3) is 0 Å². The van der Waals surface area contributed by atoms with E-state index in [4.69, 9.17) is 9.47 Å². The predicted octanol–water partition coefficient (Wildman–Crippen LogP) is 1.77. The Morgan fingerprint density at radius 2 is 1.95 bits per heavy atom. The molecule has 3 fully saturated rings. The first-order valence-corrected chi connectivity index (χ1v) is 7.43. The van der Waals surface area contributed by atoms with Crippen LogP contribution in [0.25, 0.3) is 0 Å². The van der Waals surface area contributed by atoms with Gasteiger partial charge in [0.05, 0.1) is 18.2 Å². The maximum absolute atomic E-state index is 12.4. The number of carboxylic acid groups (broad SMARTS) is 1. The zero-order valence-electron chi connectivity index (χ0n) is 11.7. The largest absolute Gasteiger partial charge is 0.480 e. The minimum Gasteiger partial charge on any atom is -0.480 e. The average Bonchev–Trinajstić information content (AvgIpc) is 3.03. The molecule has 4 atom stereocenters. The highest BCUT2D eigenvalue weighted by Gasteiger charge is 2.52. The molecular weight excluding hydrogens is 262 g/mol. The molecule has 0 aromatic carbocycles. The van der Waals surface area contributed by atoms with E-state index in [1.165, 1.54) is 4.90 Å². The van der Waals surface area contributed by atoms with Gasteiger partial charge in [-0.3, -0.25) is 4.90 Å². The molecule has 1 saturated carbocycles. The first-order chi connectivity index (χ1) is 9.56. The number of hydrogen-bond acceptors (Lipinski definition) is 4. The Bertz CT molecular complexity index is 406. The van der Waals surface area contributed by atoms with Gasteiger partial charge >= 0.3 is 12.1 Å². The second-order valence-electron chi connectivity index (χ2n) is 6.08. The Morgan fingerprint density at radius 1 is 1.25 bits per heavy atom. The van der Waals surface area contributed by atoms with E-state index in [0.717, 1.165) is 25.7 Å². The van der Waals surface area contributed by atoms with Crippen LogP contribution in [-0.2, 0) is 14.3 Å². The van der Waals surface area contributed by atoms with E-state index >= 15 is 0 Å². The van der Waals surface area contributed by atoms with E-state index in [1.54, 1.807) is 0 Å². The summed E-state index contributed by atoms with van der Waals surface area (Å²) in [6, 6.07) is -0.966. The summed E-state index contributed by atoms with van der Waals surface area (Å²) >= 11 is 0. The number of hydrogen-bond donors (Lipinski definition) is 1. The van der Waals surface area contributed by atoms with Crippen molar-refractivity contribution in [2.45, 2.75) is 75.8 Å². The van der Waals surface area contributed by atoms with Crippen LogP contribution in [0, 0.1) is 0 Å². The van der Waals surface area contributed by atoms with Crippen LogP contribution < -0.4 is 0 Å². The van der Waals surface area contributed by atoms with Crippen LogP contribution in [-0.4, -0.2) is 52.5 Å². The van der Waals surface area contributed by atoms with Crippen molar-refractivity contribution in [1.29, 1.82) is 0 Å². The lowest BCUT2D eigenvalue weighted by atomic mass is 10.1. The van der Waals surface area contributed by atoms with Crippen LogP contribution in [0.2, 0.25) is 0 Å². The molecule has 1 N–H and O–H groups in total. The molecule has 20 heavy (non-hydrogen) atoms. The van der Waals surface area contributed by atoms with E-state index in [-0.39, 0.29) is 24.4 Å². The van der Waals surface area contributed by atoms with Crippen molar-refractivity contribution < 1.29 is 24.2 Å². The van der Waals surface area contributed by atoms with Gasteiger partial charge in [-0.15, -0.1) is 0 Å². The first-order valence-electron chi connectivity index (χ1n) is 7.43. The molecule has 0 unspecified atom stereocenters. The summed E-state index contributed by atoms with van der Waals surface area (Å²) in [4.78, 5) is 25.1. The summed E-state index contributed by atoms with van der Waals surface area (Å²) in [5, 5.41) is 9.31. The second-order valence-corrected chi connectivity index (χ2v) is 6.08. The summed E-state index contributed by atoms with van der Waals surface area (Å²) in [5.74, 6) is -0.973. The molecule has 2 heterocycles. The van der Waals surface area contributed by atoms with Crippen LogP contribution in [0.4, 0.5) is 4.79 Å². The van der Waals surface area contributed by atoms with E-state index in [0.29, 0.717) is 12.8 Å². The fourth-order valence-corrected chi connectivity index (χ4v) is 3.70. The van der Waals surface area contributed by atoms with Crippen molar-refractivity contribution in [3.8, 4) is 0 Å². The van der Waals surface area contributed by atoms with Gasteiger partial charge in [-0.2, -0.15) is 0 Å². The molecule has 0 aromatic rings. The third-order valence-electron chi connectivity index (χ3n) is 4.62. The average molecular weight is 283 g/mol. The quantitative estimate of drug-likeness (QED) is 0.836. The molecule has 1 aliphatic carbocycles. The Hall–Kier alpha value is -1.30. The van der Waals surface area contributed by atoms with Crippen molar-refractivity contribution in [3.05, 3.63) is 0 Å². The number of rotatable bonds is 2.